The van der Waals surface area contributed by atoms with Crippen molar-refractivity contribution in [1.29, 1.82) is 0 Å². The number of aliphatic hydroxyl groups excluding tert-OH is 4. The summed E-state index contributed by atoms with van der Waals surface area (Å²) in [7, 11) is -10.9. The Hall–Kier alpha value is -2.58. The predicted octanol–water partition coefficient (Wildman–Crippen LogP) is 7.08. The number of nitrogens with two attached hydrogens (primary N) is 1. The minimum absolute atomic E-state index is 0.0462. The van der Waals surface area contributed by atoms with Crippen LogP contribution >= 0.6 is 15.6 Å². The Morgan fingerprint density at radius 2 is 1.37 bits per heavy atom. The lowest BCUT2D eigenvalue weighted by molar-refractivity contribution is -0.161. The minimum atomic E-state index is -5.45. The van der Waals surface area contributed by atoms with Crippen LogP contribution in [0.4, 0.5) is 5.82 Å². The number of hydrogen-bond donors (Lipinski definition) is 7. The van der Waals surface area contributed by atoms with Crippen LogP contribution in [-0.4, -0.2) is 108 Å². The Balaban J connectivity index is 1.85. The highest BCUT2D eigenvalue weighted by Crippen LogP contribution is 2.60. The number of carbonyl (C=O) groups excluding carboxylic acids is 2. The Kier molecular flexibility index (Phi) is 30.6. The van der Waals surface area contributed by atoms with E-state index in [-0.39, 0.29) is 18.7 Å². The maximum absolute atomic E-state index is 12.8. The second-order valence-electron chi connectivity index (χ2n) is 17.8. The summed E-state index contributed by atoms with van der Waals surface area (Å²) in [6, 6.07) is 1.24. The molecule has 1 fully saturated rings. The van der Waals surface area contributed by atoms with Crippen LogP contribution < -0.4 is 11.4 Å². The highest BCUT2D eigenvalue weighted by Gasteiger charge is 2.46. The molecule has 0 bridgehead atoms. The second-order valence-corrected chi connectivity index (χ2v) is 20.8. The molecule has 67 heavy (non-hydrogen) atoms. The van der Waals surface area contributed by atoms with Gasteiger partial charge in [0.1, 0.15) is 30.7 Å². The van der Waals surface area contributed by atoms with E-state index in [4.69, 9.17) is 29.0 Å². The highest BCUT2D eigenvalue weighted by atomic mass is 31.3. The number of ether oxygens (including phenoxy) is 3. The van der Waals surface area contributed by atoms with Gasteiger partial charge in [-0.1, -0.05) is 129 Å². The van der Waals surface area contributed by atoms with E-state index in [0.29, 0.717) is 38.5 Å². The molecule has 2 heterocycles. The molecule has 388 valence electrons. The van der Waals surface area contributed by atoms with Crippen molar-refractivity contribution in [2.75, 3.05) is 25.6 Å². The molecule has 0 spiro atoms. The van der Waals surface area contributed by atoms with Gasteiger partial charge in [-0.05, 0) is 50.5 Å². The van der Waals surface area contributed by atoms with Crippen LogP contribution in [0.5, 0.6) is 0 Å². The number of allylic oxidation sites excluding steroid dienone is 1. The summed E-state index contributed by atoms with van der Waals surface area (Å²) in [6.07, 6.45) is 14.8. The monoisotopic (exact) mass is 998 g/mol. The van der Waals surface area contributed by atoms with Crippen molar-refractivity contribution in [2.24, 2.45) is 5.92 Å². The molecule has 1 aromatic rings. The third-order valence-electron chi connectivity index (χ3n) is 11.2. The second kappa shape index (κ2) is 33.9. The van der Waals surface area contributed by atoms with E-state index >= 15 is 0 Å². The number of nitrogen functional groups attached to an aromatic ring is 1. The summed E-state index contributed by atoms with van der Waals surface area (Å²) in [5, 5.41) is 41.4. The molecule has 0 radical (unpaired) electrons. The van der Waals surface area contributed by atoms with Crippen molar-refractivity contribution < 1.29 is 76.5 Å². The molecule has 0 saturated carbocycles. The third-order valence-corrected chi connectivity index (χ3v) is 13.8. The van der Waals surface area contributed by atoms with Crippen LogP contribution in [-0.2, 0) is 46.3 Å². The normalized spacial score (nSPS) is 20.7. The summed E-state index contributed by atoms with van der Waals surface area (Å²) < 4.78 is 56.6. The lowest BCUT2D eigenvalue weighted by Gasteiger charge is -2.21. The molecule has 9 atom stereocenters. The van der Waals surface area contributed by atoms with Crippen LogP contribution in [0.15, 0.2) is 29.2 Å². The van der Waals surface area contributed by atoms with E-state index < -0.39 is 95.9 Å². The van der Waals surface area contributed by atoms with Gasteiger partial charge >= 0.3 is 33.3 Å². The first-order valence-corrected chi connectivity index (χ1v) is 27.2. The van der Waals surface area contributed by atoms with Gasteiger partial charge in [-0.3, -0.25) is 23.2 Å². The SMILES string of the molecule is CCCCC/C=C\C[C@H](O)[C@@H](O)CCCCCCCC(=O)O[C@H](COC(=O)CCCCCCCCCCCC(C)C)COP(=O)(O)OP(=O)(O)OC[C@H]1O[C@@H](n2ccc(N)nc2=O)[C@H](O)[C@@H]1O. The highest BCUT2D eigenvalue weighted by molar-refractivity contribution is 7.61. The largest absolute Gasteiger partial charge is 0.481 e. The topological polar surface area (TPSA) is 306 Å². The number of aliphatic hydroxyl groups is 4. The van der Waals surface area contributed by atoms with Gasteiger partial charge in [-0.2, -0.15) is 9.29 Å². The third kappa shape index (κ3) is 27.4. The Labute approximate surface area is 396 Å². The zero-order valence-corrected chi connectivity index (χ0v) is 41.6. The van der Waals surface area contributed by atoms with Gasteiger partial charge in [-0.15, -0.1) is 0 Å². The number of hydrogen-bond acceptors (Lipinski definition) is 17. The van der Waals surface area contributed by atoms with Gasteiger partial charge in [0, 0.05) is 19.0 Å². The number of carbonyl (C=O) groups is 2. The number of phosphoric acid groups is 2. The first kappa shape index (κ1) is 60.5. The molecule has 2 unspecified atom stereocenters. The molecule has 2 rings (SSSR count). The summed E-state index contributed by atoms with van der Waals surface area (Å²) in [5.41, 5.74) is 4.57. The van der Waals surface area contributed by atoms with Crippen molar-refractivity contribution in [2.45, 2.75) is 211 Å². The number of rotatable bonds is 39. The molecule has 1 saturated heterocycles. The summed E-state index contributed by atoms with van der Waals surface area (Å²) in [5.74, 6) is -0.686. The lowest BCUT2D eigenvalue weighted by atomic mass is 10.0. The average Bonchev–Trinajstić information content (AvgIpc) is 3.54. The molecular weight excluding hydrogens is 916 g/mol. The maximum atomic E-state index is 12.8. The van der Waals surface area contributed by atoms with E-state index in [1.807, 2.05) is 12.2 Å². The van der Waals surface area contributed by atoms with E-state index in [9.17, 15) is 53.7 Å². The fourth-order valence-corrected chi connectivity index (χ4v) is 9.40. The van der Waals surface area contributed by atoms with Crippen LogP contribution in [0.25, 0.3) is 0 Å². The Bertz CT molecular complexity index is 1720. The van der Waals surface area contributed by atoms with Crippen LogP contribution in [0, 0.1) is 5.92 Å². The number of esters is 2. The van der Waals surface area contributed by atoms with Gasteiger partial charge in [0.25, 0.3) is 0 Å². The van der Waals surface area contributed by atoms with E-state index in [2.05, 4.69) is 30.1 Å². The van der Waals surface area contributed by atoms with Gasteiger partial charge in [0.05, 0.1) is 25.4 Å². The van der Waals surface area contributed by atoms with Gasteiger partial charge in [-0.25, -0.2) is 13.9 Å². The number of aromatic nitrogens is 2. The smallest absolute Gasteiger partial charge is 0.462 e. The quantitative estimate of drug-likeness (QED) is 0.0150. The molecule has 1 aromatic heterocycles. The van der Waals surface area contributed by atoms with Crippen molar-refractivity contribution in [3.05, 3.63) is 34.9 Å². The Morgan fingerprint density at radius 1 is 0.791 bits per heavy atom. The number of anilines is 1. The zero-order valence-electron chi connectivity index (χ0n) is 39.9. The average molecular weight is 998 g/mol. The van der Waals surface area contributed by atoms with E-state index in [1.165, 1.54) is 38.2 Å². The van der Waals surface area contributed by atoms with Gasteiger partial charge in [0.15, 0.2) is 12.3 Å². The Morgan fingerprint density at radius 3 is 1.99 bits per heavy atom. The van der Waals surface area contributed by atoms with E-state index in [0.717, 1.165) is 80.9 Å². The first-order valence-electron chi connectivity index (χ1n) is 24.2. The standard InChI is InChI=1S/C45H81N3O17P2/c1-4-5-6-7-15-20-25-36(49)37(50)26-21-16-13-18-23-28-41(52)63-35(31-60-40(51)27-22-17-12-10-8-9-11-14-19-24-34(2)3)32-61-66(56,57)65-67(58,59)62-33-38-42(53)43(54)44(64-38)48-30-29-39(46)47-45(48)55/h15,20,29-30,34-38,42-44,49-50,53-54H,4-14,16-19,21-28,31-33H2,1-3H3,(H,56,57)(H,58,59)(H2,46,47,55)/b20-15-/t35-,36+,37+,38-,42-,43-,44-/m1/s1. The molecule has 0 aliphatic carbocycles. The van der Waals surface area contributed by atoms with Crippen molar-refractivity contribution in [3.63, 3.8) is 0 Å². The maximum Gasteiger partial charge on any atom is 0.481 e. The van der Waals surface area contributed by atoms with Crippen LogP contribution in [0.1, 0.15) is 175 Å². The van der Waals surface area contributed by atoms with Crippen molar-refractivity contribution >= 4 is 33.4 Å². The molecule has 1 aliphatic rings. The first-order chi connectivity index (χ1) is 31.8. The minimum Gasteiger partial charge on any atom is -0.462 e. The molecular formula is C45H81N3O17P2. The van der Waals surface area contributed by atoms with E-state index in [1.54, 1.807) is 0 Å². The number of nitrogens with zero attached hydrogens (tertiary/aromatic N) is 2. The van der Waals surface area contributed by atoms with Crippen LogP contribution in [0.2, 0.25) is 0 Å². The van der Waals surface area contributed by atoms with Crippen LogP contribution in [0.3, 0.4) is 0 Å². The predicted molar refractivity (Wildman–Crippen MR) is 250 cm³/mol. The molecule has 0 amide bonds. The van der Waals surface area contributed by atoms with Crippen molar-refractivity contribution in [3.8, 4) is 0 Å². The number of unbranched alkanes of at least 4 members (excludes halogenated alkanes) is 15. The zero-order chi connectivity index (χ0) is 49.7. The number of phosphoric ester groups is 2. The molecule has 22 heteroatoms. The summed E-state index contributed by atoms with van der Waals surface area (Å²) >= 11 is 0. The van der Waals surface area contributed by atoms with Gasteiger partial charge < -0.3 is 50.2 Å². The lowest BCUT2D eigenvalue weighted by Crippen LogP contribution is -2.36. The fraction of sp³-hybridized carbons (Fsp3) is 0.822. The molecule has 0 aromatic carbocycles. The fourth-order valence-electron chi connectivity index (χ4n) is 7.29. The van der Waals surface area contributed by atoms with Crippen molar-refractivity contribution in [1.82, 2.24) is 9.55 Å². The van der Waals surface area contributed by atoms with Gasteiger partial charge in [0.2, 0.25) is 0 Å². The molecule has 1 aliphatic heterocycles. The molecule has 20 nitrogen and oxygen atoms in total. The summed E-state index contributed by atoms with van der Waals surface area (Å²) in [6.45, 7) is 4.20. The molecule has 8 N–H and O–H groups in total. The summed E-state index contributed by atoms with van der Waals surface area (Å²) in [4.78, 5) is 61.8.